The fraction of sp³-hybridized carbons (Fsp3) is 0.214. The van der Waals surface area contributed by atoms with Crippen LogP contribution in [0.5, 0.6) is 0 Å². The molecule has 1 unspecified atom stereocenters. The van der Waals surface area contributed by atoms with E-state index in [0.717, 1.165) is 21.0 Å². The third-order valence-corrected chi connectivity index (χ3v) is 5.16. The van der Waals surface area contributed by atoms with Gasteiger partial charge in [-0.1, -0.05) is 36.0 Å². The summed E-state index contributed by atoms with van der Waals surface area (Å²) in [5, 5.41) is 6.77. The van der Waals surface area contributed by atoms with E-state index in [1.807, 2.05) is 42.7 Å². The number of benzene rings is 1. The van der Waals surface area contributed by atoms with Crippen molar-refractivity contribution in [1.29, 1.82) is 0 Å². The lowest BCUT2D eigenvalue weighted by atomic mass is 10.2. The maximum atomic E-state index is 11.7. The molecule has 0 spiro atoms. The molecule has 4 nitrogen and oxygen atoms in total. The van der Waals surface area contributed by atoms with Crippen LogP contribution >= 0.6 is 23.5 Å². The summed E-state index contributed by atoms with van der Waals surface area (Å²) in [5.41, 5.74) is 1.79. The number of nitrogens with zero attached hydrogens (tertiary/aromatic N) is 3. The summed E-state index contributed by atoms with van der Waals surface area (Å²) in [4.78, 5) is 16.4. The van der Waals surface area contributed by atoms with E-state index >= 15 is 0 Å². The van der Waals surface area contributed by atoms with Crippen LogP contribution in [0.4, 0.5) is 0 Å². The minimum absolute atomic E-state index is 0.0680. The van der Waals surface area contributed by atoms with Crippen molar-refractivity contribution in [2.45, 2.75) is 12.3 Å². The first-order chi connectivity index (χ1) is 9.69. The molecule has 0 saturated heterocycles. The number of para-hydroxylation sites is 1. The summed E-state index contributed by atoms with van der Waals surface area (Å²) in [5.74, 6) is -0.0680. The second-order valence-corrected chi connectivity index (χ2v) is 6.45. The van der Waals surface area contributed by atoms with E-state index in [0.29, 0.717) is 0 Å². The lowest BCUT2D eigenvalue weighted by Crippen LogP contribution is -2.23. The zero-order valence-corrected chi connectivity index (χ0v) is 12.7. The minimum atomic E-state index is -0.167. The number of carbonyl (C=O) groups excluding carboxylic acids is 1. The Labute approximate surface area is 125 Å². The quantitative estimate of drug-likeness (QED) is 0.809. The molecule has 0 N–H and O–H groups in total. The molecule has 1 atom stereocenters. The first kappa shape index (κ1) is 13.5. The number of fused-ring (bicyclic) bond motifs is 1. The van der Waals surface area contributed by atoms with Crippen molar-refractivity contribution in [3.63, 3.8) is 0 Å². The van der Waals surface area contributed by atoms with E-state index in [1.165, 1.54) is 11.9 Å². The molecule has 0 radical (unpaired) electrons. The van der Waals surface area contributed by atoms with Crippen molar-refractivity contribution in [3.8, 4) is 0 Å². The number of hydrogen-bond acceptors (Lipinski definition) is 5. The van der Waals surface area contributed by atoms with Gasteiger partial charge in [-0.3, -0.25) is 4.79 Å². The summed E-state index contributed by atoms with van der Waals surface area (Å²) in [6.45, 7) is 1.53. The van der Waals surface area contributed by atoms with Crippen LogP contribution in [0.2, 0.25) is 0 Å². The highest BCUT2D eigenvalue weighted by atomic mass is 32.2. The Morgan fingerprint density at radius 1 is 1.30 bits per heavy atom. The van der Waals surface area contributed by atoms with Crippen molar-refractivity contribution in [1.82, 2.24) is 9.99 Å². The van der Waals surface area contributed by atoms with Crippen LogP contribution < -0.4 is 0 Å². The molecule has 1 aromatic carbocycles. The fourth-order valence-electron chi connectivity index (χ4n) is 2.04. The van der Waals surface area contributed by atoms with E-state index < -0.39 is 0 Å². The van der Waals surface area contributed by atoms with E-state index in [1.54, 1.807) is 23.5 Å². The van der Waals surface area contributed by atoms with Crippen LogP contribution in [0.15, 0.2) is 41.5 Å². The lowest BCUT2D eigenvalue weighted by molar-refractivity contribution is -0.129. The number of thioether (sulfide) groups is 2. The maximum Gasteiger partial charge on any atom is 0.241 e. The number of hydrazone groups is 1. The predicted octanol–water partition coefficient (Wildman–Crippen LogP) is 3.46. The van der Waals surface area contributed by atoms with Gasteiger partial charge in [0.15, 0.2) is 4.38 Å². The van der Waals surface area contributed by atoms with Gasteiger partial charge in [0.05, 0.1) is 11.2 Å². The van der Waals surface area contributed by atoms with E-state index in [-0.39, 0.29) is 11.3 Å². The standard InChI is InChI=1S/C14H13N3OS2/c1-9(18)17-13(20-14(16-17)19-2)12-8-7-10-5-3-4-6-11(10)15-12/h3-8,13H,1-2H3. The van der Waals surface area contributed by atoms with Gasteiger partial charge >= 0.3 is 0 Å². The van der Waals surface area contributed by atoms with E-state index in [2.05, 4.69) is 10.1 Å². The van der Waals surface area contributed by atoms with Gasteiger partial charge in [-0.05, 0) is 18.4 Å². The molecule has 6 heteroatoms. The van der Waals surface area contributed by atoms with Crippen LogP contribution in [0, 0.1) is 0 Å². The molecular formula is C14H13N3OS2. The van der Waals surface area contributed by atoms with Crippen molar-refractivity contribution >= 4 is 44.7 Å². The summed E-state index contributed by atoms with van der Waals surface area (Å²) >= 11 is 3.11. The minimum Gasteiger partial charge on any atom is -0.273 e. The van der Waals surface area contributed by atoms with Crippen molar-refractivity contribution in [3.05, 3.63) is 42.1 Å². The Bertz CT molecular complexity index is 702. The van der Waals surface area contributed by atoms with Gasteiger partial charge in [0.25, 0.3) is 0 Å². The molecule has 1 amide bonds. The smallest absolute Gasteiger partial charge is 0.241 e. The number of pyridine rings is 1. The summed E-state index contributed by atoms with van der Waals surface area (Å²) in [6.07, 6.45) is 1.96. The van der Waals surface area contributed by atoms with E-state index in [4.69, 9.17) is 0 Å². The van der Waals surface area contributed by atoms with Crippen LogP contribution in [0.3, 0.4) is 0 Å². The predicted molar refractivity (Wildman–Crippen MR) is 85.5 cm³/mol. The normalized spacial score (nSPS) is 18.4. The maximum absolute atomic E-state index is 11.7. The zero-order chi connectivity index (χ0) is 14.1. The van der Waals surface area contributed by atoms with E-state index in [9.17, 15) is 4.79 Å². The SMILES string of the molecule is CSC1=NN(C(C)=O)C(c2ccc3ccccc3n2)S1. The summed E-state index contributed by atoms with van der Waals surface area (Å²) in [6, 6.07) is 12.0. The van der Waals surface area contributed by atoms with Crippen LogP contribution in [-0.4, -0.2) is 26.5 Å². The zero-order valence-electron chi connectivity index (χ0n) is 11.1. The molecule has 0 saturated carbocycles. The van der Waals surface area contributed by atoms with Gasteiger partial charge in [-0.2, -0.15) is 5.10 Å². The Morgan fingerprint density at radius 2 is 2.10 bits per heavy atom. The number of aromatic nitrogens is 1. The largest absolute Gasteiger partial charge is 0.273 e. The molecule has 0 bridgehead atoms. The molecular weight excluding hydrogens is 290 g/mol. The molecule has 1 aromatic heterocycles. The molecule has 2 heterocycles. The number of carbonyl (C=O) groups is 1. The number of rotatable bonds is 1. The fourth-order valence-corrected chi connectivity index (χ4v) is 3.74. The molecule has 0 fully saturated rings. The lowest BCUT2D eigenvalue weighted by Gasteiger charge is -2.18. The number of amides is 1. The Balaban J connectivity index is 2.00. The Morgan fingerprint density at radius 3 is 2.85 bits per heavy atom. The molecule has 2 aromatic rings. The first-order valence-corrected chi connectivity index (χ1v) is 8.24. The Hall–Kier alpha value is -1.53. The van der Waals surface area contributed by atoms with Crippen LogP contribution in [-0.2, 0) is 4.79 Å². The monoisotopic (exact) mass is 303 g/mol. The molecule has 1 aliphatic rings. The van der Waals surface area contributed by atoms with Crippen molar-refractivity contribution in [2.24, 2.45) is 5.10 Å². The second kappa shape index (κ2) is 5.46. The first-order valence-electron chi connectivity index (χ1n) is 6.14. The molecule has 0 aliphatic carbocycles. The summed E-state index contributed by atoms with van der Waals surface area (Å²) in [7, 11) is 0. The topological polar surface area (TPSA) is 45.6 Å². The molecule has 3 rings (SSSR count). The molecule has 102 valence electrons. The number of hydrogen-bond donors (Lipinski definition) is 0. The van der Waals surface area contributed by atoms with Gasteiger partial charge in [0.2, 0.25) is 5.91 Å². The second-order valence-electron chi connectivity index (χ2n) is 4.33. The third-order valence-electron chi connectivity index (χ3n) is 2.99. The van der Waals surface area contributed by atoms with Gasteiger partial charge in [-0.15, -0.1) is 11.8 Å². The van der Waals surface area contributed by atoms with Gasteiger partial charge in [0, 0.05) is 12.3 Å². The highest BCUT2D eigenvalue weighted by molar-refractivity contribution is 8.38. The van der Waals surface area contributed by atoms with Crippen LogP contribution in [0.1, 0.15) is 18.0 Å². The summed E-state index contributed by atoms with van der Waals surface area (Å²) < 4.78 is 0.889. The van der Waals surface area contributed by atoms with Gasteiger partial charge in [-0.25, -0.2) is 9.99 Å². The highest BCUT2D eigenvalue weighted by Crippen LogP contribution is 2.41. The third kappa shape index (κ3) is 2.41. The van der Waals surface area contributed by atoms with Gasteiger partial charge in [0.1, 0.15) is 5.37 Å². The van der Waals surface area contributed by atoms with Crippen molar-refractivity contribution in [2.75, 3.05) is 6.26 Å². The van der Waals surface area contributed by atoms with Gasteiger partial charge < -0.3 is 0 Å². The van der Waals surface area contributed by atoms with Crippen LogP contribution in [0.25, 0.3) is 10.9 Å². The Kier molecular flexibility index (Phi) is 3.67. The average Bonchev–Trinajstić information content (AvgIpc) is 2.91. The molecule has 1 aliphatic heterocycles. The highest BCUT2D eigenvalue weighted by Gasteiger charge is 2.32. The van der Waals surface area contributed by atoms with Crippen molar-refractivity contribution < 1.29 is 4.79 Å². The average molecular weight is 303 g/mol. The molecule has 20 heavy (non-hydrogen) atoms.